The van der Waals surface area contributed by atoms with Crippen molar-refractivity contribution >= 4 is 18.4 Å². The zero-order valence-corrected chi connectivity index (χ0v) is 8.06. The van der Waals surface area contributed by atoms with E-state index in [1.165, 1.54) is 0 Å². The van der Waals surface area contributed by atoms with Crippen LogP contribution in [-0.2, 0) is 10.7 Å². The van der Waals surface area contributed by atoms with Gasteiger partial charge >= 0.3 is 0 Å². The Morgan fingerprint density at radius 2 is 2.09 bits per heavy atom. The third-order valence-electron chi connectivity index (χ3n) is 1.59. The monoisotopic (exact) mass is 188 g/mol. The van der Waals surface area contributed by atoms with Crippen LogP contribution in [0.25, 0.3) is 0 Å². The molecule has 0 aliphatic carbocycles. The predicted octanol–water partition coefficient (Wildman–Crippen LogP) is 3.21. The van der Waals surface area contributed by atoms with E-state index in [2.05, 4.69) is 0 Å². The molecule has 1 unspecified atom stereocenters. The van der Waals surface area contributed by atoms with Crippen molar-refractivity contribution in [2.24, 2.45) is 0 Å². The second-order valence-corrected chi connectivity index (χ2v) is 4.79. The van der Waals surface area contributed by atoms with Gasteiger partial charge in [0, 0.05) is 6.16 Å². The summed E-state index contributed by atoms with van der Waals surface area (Å²) in [6, 6.07) is 7.85. The Labute approximate surface area is 72.0 Å². The van der Waals surface area contributed by atoms with E-state index in [0.29, 0.717) is 6.16 Å². The van der Waals surface area contributed by atoms with E-state index in [9.17, 15) is 4.57 Å². The summed E-state index contributed by atoms with van der Waals surface area (Å²) in [5.74, 6) is 0. The minimum Gasteiger partial charge on any atom is -0.310 e. The lowest BCUT2D eigenvalue weighted by atomic mass is 10.1. The molecule has 0 heterocycles. The first-order chi connectivity index (χ1) is 5.20. The lowest BCUT2D eigenvalue weighted by molar-refractivity contribution is 0.595. The Bertz CT molecular complexity index is 273. The molecular weight excluding hydrogens is 179 g/mol. The zero-order valence-electron chi connectivity index (χ0n) is 6.30. The van der Waals surface area contributed by atoms with Crippen LogP contribution >= 0.6 is 18.4 Å². The second kappa shape index (κ2) is 3.94. The average molecular weight is 189 g/mol. The van der Waals surface area contributed by atoms with Crippen LogP contribution in [0.2, 0.25) is 0 Å². The molecule has 1 atom stereocenters. The molecule has 0 radical (unpaired) electrons. The normalized spacial score (nSPS) is 12.9. The Kier molecular flexibility index (Phi) is 3.16. The third-order valence-corrected chi connectivity index (χ3v) is 2.65. The van der Waals surface area contributed by atoms with Crippen molar-refractivity contribution in [3.63, 3.8) is 0 Å². The largest absolute Gasteiger partial charge is 0.310 e. The lowest BCUT2D eigenvalue weighted by Gasteiger charge is -2.00. The van der Waals surface area contributed by atoms with Crippen LogP contribution in [0, 0.1) is 6.92 Å². The summed E-state index contributed by atoms with van der Waals surface area (Å²) in [6.07, 6.45) is 0.513. The number of hydrogen-bond donors (Lipinski definition) is 0. The average Bonchev–Trinajstić information content (AvgIpc) is 1.93. The summed E-state index contributed by atoms with van der Waals surface area (Å²) in [7, 11) is -1.89. The number of hydrogen-bond acceptors (Lipinski definition) is 1. The molecule has 1 rings (SSSR count). The van der Waals surface area contributed by atoms with Gasteiger partial charge in [-0.15, -0.1) is 0 Å². The van der Waals surface area contributed by atoms with Gasteiger partial charge in [-0.25, -0.2) is 0 Å². The molecule has 0 aliphatic heterocycles. The van der Waals surface area contributed by atoms with E-state index in [-0.39, 0.29) is 0 Å². The van der Waals surface area contributed by atoms with Crippen molar-refractivity contribution in [1.29, 1.82) is 0 Å². The Morgan fingerprint density at radius 3 is 2.64 bits per heavy atom. The van der Waals surface area contributed by atoms with E-state index in [1.807, 2.05) is 31.2 Å². The van der Waals surface area contributed by atoms with Gasteiger partial charge in [0.1, 0.15) is 0 Å². The Hall–Kier alpha value is -0.260. The molecule has 1 nitrogen and oxygen atoms in total. The Morgan fingerprint density at radius 1 is 1.45 bits per heavy atom. The molecule has 60 valence electrons. The SMILES string of the molecule is Cc1ccccc1C[PH](=O)Cl. The van der Waals surface area contributed by atoms with Crippen molar-refractivity contribution in [3.8, 4) is 0 Å². The first-order valence-electron chi connectivity index (χ1n) is 3.43. The highest BCUT2D eigenvalue weighted by atomic mass is 35.7. The maximum Gasteiger partial charge on any atom is 0.162 e. The van der Waals surface area contributed by atoms with E-state index in [0.717, 1.165) is 11.1 Å². The summed E-state index contributed by atoms with van der Waals surface area (Å²) in [6.45, 7) is 2.00. The van der Waals surface area contributed by atoms with Crippen molar-refractivity contribution < 1.29 is 4.57 Å². The summed E-state index contributed by atoms with van der Waals surface area (Å²) in [4.78, 5) is 0. The number of aryl methyl sites for hydroxylation is 1. The van der Waals surface area contributed by atoms with Crippen LogP contribution in [0.1, 0.15) is 11.1 Å². The number of benzene rings is 1. The van der Waals surface area contributed by atoms with Crippen LogP contribution in [-0.4, -0.2) is 0 Å². The van der Waals surface area contributed by atoms with Gasteiger partial charge in [-0.3, -0.25) is 0 Å². The quantitative estimate of drug-likeness (QED) is 0.652. The first kappa shape index (κ1) is 8.83. The Balaban J connectivity index is 2.86. The standard InChI is InChI=1S/C8H10ClOP/c1-7-4-2-3-5-8(7)6-11(9)10/h2-5,11H,6H2,1H3. The fourth-order valence-electron chi connectivity index (χ4n) is 0.958. The van der Waals surface area contributed by atoms with Crippen molar-refractivity contribution in [2.75, 3.05) is 0 Å². The molecule has 0 aliphatic rings. The minimum atomic E-state index is -1.89. The fourth-order valence-corrected chi connectivity index (χ4v) is 2.09. The number of rotatable bonds is 2. The molecule has 3 heteroatoms. The molecular formula is C8H10ClOP. The summed E-state index contributed by atoms with van der Waals surface area (Å²) >= 11 is 5.43. The zero-order chi connectivity index (χ0) is 8.27. The van der Waals surface area contributed by atoms with Gasteiger partial charge in [0.15, 0.2) is 7.15 Å². The highest BCUT2D eigenvalue weighted by Crippen LogP contribution is 2.32. The topological polar surface area (TPSA) is 17.1 Å². The van der Waals surface area contributed by atoms with Gasteiger partial charge in [-0.05, 0) is 18.1 Å². The lowest BCUT2D eigenvalue weighted by Crippen LogP contribution is -1.82. The molecule has 0 spiro atoms. The van der Waals surface area contributed by atoms with Crippen LogP contribution < -0.4 is 0 Å². The van der Waals surface area contributed by atoms with Gasteiger partial charge in [0.25, 0.3) is 0 Å². The third kappa shape index (κ3) is 2.69. The summed E-state index contributed by atoms with van der Waals surface area (Å²) in [5.41, 5.74) is 2.25. The first-order valence-corrected chi connectivity index (χ1v) is 6.05. The minimum absolute atomic E-state index is 0.513. The molecule has 0 bridgehead atoms. The van der Waals surface area contributed by atoms with E-state index in [1.54, 1.807) is 0 Å². The smallest absolute Gasteiger partial charge is 0.162 e. The molecule has 1 aromatic carbocycles. The van der Waals surface area contributed by atoms with Gasteiger partial charge in [-0.1, -0.05) is 35.5 Å². The fraction of sp³-hybridized carbons (Fsp3) is 0.250. The van der Waals surface area contributed by atoms with Crippen LogP contribution in [0.4, 0.5) is 0 Å². The van der Waals surface area contributed by atoms with Crippen molar-refractivity contribution in [2.45, 2.75) is 13.1 Å². The van der Waals surface area contributed by atoms with Crippen LogP contribution in [0.5, 0.6) is 0 Å². The summed E-state index contributed by atoms with van der Waals surface area (Å²) in [5, 5.41) is 0. The molecule has 0 saturated heterocycles. The summed E-state index contributed by atoms with van der Waals surface area (Å²) < 4.78 is 10.7. The molecule has 11 heavy (non-hydrogen) atoms. The van der Waals surface area contributed by atoms with Gasteiger partial charge < -0.3 is 4.57 Å². The maximum absolute atomic E-state index is 10.7. The van der Waals surface area contributed by atoms with Gasteiger partial charge in [0.2, 0.25) is 0 Å². The van der Waals surface area contributed by atoms with Gasteiger partial charge in [-0.2, -0.15) is 0 Å². The van der Waals surface area contributed by atoms with E-state index < -0.39 is 7.15 Å². The second-order valence-electron chi connectivity index (χ2n) is 2.46. The molecule has 0 fully saturated rings. The molecule has 0 saturated carbocycles. The van der Waals surface area contributed by atoms with Crippen LogP contribution in [0.3, 0.4) is 0 Å². The van der Waals surface area contributed by atoms with Gasteiger partial charge in [0.05, 0.1) is 0 Å². The molecule has 0 N–H and O–H groups in total. The maximum atomic E-state index is 10.7. The highest BCUT2D eigenvalue weighted by molar-refractivity contribution is 7.73. The number of halogens is 1. The molecule has 1 aromatic rings. The molecule has 0 amide bonds. The predicted molar refractivity (Wildman–Crippen MR) is 49.7 cm³/mol. The van der Waals surface area contributed by atoms with Crippen LogP contribution in [0.15, 0.2) is 24.3 Å². The highest BCUT2D eigenvalue weighted by Gasteiger charge is 1.99. The van der Waals surface area contributed by atoms with Crippen molar-refractivity contribution in [1.82, 2.24) is 0 Å². The van der Waals surface area contributed by atoms with Crippen molar-refractivity contribution in [3.05, 3.63) is 35.4 Å². The van der Waals surface area contributed by atoms with E-state index in [4.69, 9.17) is 11.2 Å². The molecule has 0 aromatic heterocycles. The van der Waals surface area contributed by atoms with E-state index >= 15 is 0 Å².